The SMILES string of the molecule is c1ccc(-c2cc(-c3ccccc3)nc(-n3c4ccccc4c4cc(C5CCC6C(C5)SC5CCCC7C8CCCC9CCCC(C98)N6C57)ccc43)n2)cc1. The number of piperidine rings is 1. The molecular formula is C50H52N4S. The third-order valence-corrected chi connectivity index (χ3v) is 17.2. The zero-order chi connectivity index (χ0) is 36.0. The number of aromatic nitrogens is 3. The average Bonchev–Trinajstić information content (AvgIpc) is 3.59. The third-order valence-electron chi connectivity index (χ3n) is 15.5. The third kappa shape index (κ3) is 5.35. The van der Waals surface area contributed by atoms with Gasteiger partial charge in [-0.05, 0) is 104 Å². The molecule has 2 aromatic heterocycles. The van der Waals surface area contributed by atoms with Crippen molar-refractivity contribution < 1.29 is 0 Å². The summed E-state index contributed by atoms with van der Waals surface area (Å²) in [5, 5.41) is 4.23. The summed E-state index contributed by atoms with van der Waals surface area (Å²) in [6.07, 6.45) is 17.5. The minimum atomic E-state index is 0.616. The molecule has 4 aliphatic carbocycles. The van der Waals surface area contributed by atoms with Gasteiger partial charge >= 0.3 is 0 Å². The summed E-state index contributed by atoms with van der Waals surface area (Å²) in [7, 11) is 0. The van der Waals surface area contributed by atoms with Crippen molar-refractivity contribution in [3.8, 4) is 28.5 Å². The number of nitrogens with zero attached hydrogens (tertiary/aromatic N) is 4. The molecule has 0 spiro atoms. The number of benzene rings is 4. The Kier molecular flexibility index (Phi) is 8.06. The highest BCUT2D eigenvalue weighted by Gasteiger charge is 2.60. The molecule has 2 aliphatic heterocycles. The molecular weight excluding hydrogens is 689 g/mol. The molecule has 0 amide bonds. The molecule has 12 rings (SSSR count). The molecule has 10 atom stereocenters. The lowest BCUT2D eigenvalue weighted by Crippen LogP contribution is -2.72. The van der Waals surface area contributed by atoms with E-state index in [4.69, 9.17) is 9.97 Å². The van der Waals surface area contributed by atoms with Gasteiger partial charge in [-0.1, -0.05) is 117 Å². The van der Waals surface area contributed by atoms with Crippen LogP contribution in [0.5, 0.6) is 0 Å². The summed E-state index contributed by atoms with van der Waals surface area (Å²) < 4.78 is 2.31. The predicted octanol–water partition coefficient (Wildman–Crippen LogP) is 12.1. The van der Waals surface area contributed by atoms with Gasteiger partial charge in [0.1, 0.15) is 0 Å². The average molecular weight is 741 g/mol. The van der Waals surface area contributed by atoms with Crippen molar-refractivity contribution in [1.29, 1.82) is 0 Å². The van der Waals surface area contributed by atoms with Gasteiger partial charge in [-0.2, -0.15) is 11.8 Å². The van der Waals surface area contributed by atoms with Gasteiger partial charge in [0.25, 0.3) is 0 Å². The number of hydrogen-bond acceptors (Lipinski definition) is 4. The van der Waals surface area contributed by atoms with Gasteiger partial charge in [0.2, 0.25) is 5.95 Å². The molecule has 0 radical (unpaired) electrons. The van der Waals surface area contributed by atoms with Crippen molar-refractivity contribution in [3.63, 3.8) is 0 Å². The smallest absolute Gasteiger partial charge is 0.235 e. The highest BCUT2D eigenvalue weighted by Crippen LogP contribution is 2.61. The van der Waals surface area contributed by atoms with Crippen LogP contribution >= 0.6 is 11.8 Å². The zero-order valence-electron chi connectivity index (χ0n) is 31.8. The lowest BCUT2D eigenvalue weighted by Gasteiger charge is -2.67. The number of hydrogen-bond donors (Lipinski definition) is 0. The molecule has 0 bridgehead atoms. The largest absolute Gasteiger partial charge is 0.292 e. The normalized spacial score (nSPS) is 32.8. The topological polar surface area (TPSA) is 34.0 Å². The lowest BCUT2D eigenvalue weighted by molar-refractivity contribution is -0.138. The molecule has 4 aromatic carbocycles. The quantitative estimate of drug-likeness (QED) is 0.180. The Balaban J connectivity index is 0.910. The van der Waals surface area contributed by atoms with Gasteiger partial charge in [-0.3, -0.25) is 9.47 Å². The van der Waals surface area contributed by atoms with E-state index in [-0.39, 0.29) is 0 Å². The molecule has 55 heavy (non-hydrogen) atoms. The van der Waals surface area contributed by atoms with Crippen LogP contribution in [-0.4, -0.2) is 48.1 Å². The summed E-state index contributed by atoms with van der Waals surface area (Å²) in [6, 6.07) is 42.1. The first-order valence-corrected chi connectivity index (χ1v) is 22.7. The maximum absolute atomic E-state index is 5.28. The number of thioether (sulfide) groups is 1. The van der Waals surface area contributed by atoms with E-state index in [2.05, 4.69) is 130 Å². The van der Waals surface area contributed by atoms with E-state index in [0.717, 1.165) is 80.8 Å². The van der Waals surface area contributed by atoms with Gasteiger partial charge in [0, 0.05) is 50.5 Å². The van der Waals surface area contributed by atoms with Gasteiger partial charge < -0.3 is 0 Å². The molecule has 10 unspecified atom stereocenters. The van der Waals surface area contributed by atoms with Gasteiger partial charge in [-0.15, -0.1) is 0 Å². The van der Waals surface area contributed by atoms with Crippen LogP contribution in [-0.2, 0) is 0 Å². The zero-order valence-corrected chi connectivity index (χ0v) is 32.7. The summed E-state index contributed by atoms with van der Waals surface area (Å²) in [4.78, 5) is 13.9. The van der Waals surface area contributed by atoms with E-state index in [1.807, 2.05) is 0 Å². The van der Waals surface area contributed by atoms with Crippen molar-refractivity contribution >= 4 is 33.6 Å². The van der Waals surface area contributed by atoms with E-state index < -0.39 is 0 Å². The van der Waals surface area contributed by atoms with Crippen molar-refractivity contribution in [2.24, 2.45) is 23.7 Å². The van der Waals surface area contributed by atoms with Gasteiger partial charge in [0.15, 0.2) is 0 Å². The minimum Gasteiger partial charge on any atom is -0.292 e. The maximum Gasteiger partial charge on any atom is 0.235 e. The molecule has 6 aliphatic rings. The van der Waals surface area contributed by atoms with Crippen LogP contribution in [0.3, 0.4) is 0 Å². The van der Waals surface area contributed by atoms with Crippen LogP contribution in [0.15, 0.2) is 109 Å². The summed E-state index contributed by atoms with van der Waals surface area (Å²) in [5.41, 5.74) is 7.97. The first kappa shape index (κ1) is 33.2. The number of para-hydroxylation sites is 1. The number of rotatable bonds is 4. The van der Waals surface area contributed by atoms with Gasteiger partial charge in [0.05, 0.1) is 22.4 Å². The fourth-order valence-electron chi connectivity index (χ4n) is 13.4. The van der Waals surface area contributed by atoms with E-state index in [0.29, 0.717) is 5.92 Å². The van der Waals surface area contributed by atoms with Crippen molar-refractivity contribution in [2.45, 2.75) is 112 Å². The Hall–Kier alpha value is -3.93. The summed E-state index contributed by atoms with van der Waals surface area (Å²) in [5.74, 6) is 5.38. The highest BCUT2D eigenvalue weighted by molar-refractivity contribution is 8.00. The Labute approximate surface area is 330 Å². The Morgan fingerprint density at radius 3 is 2.04 bits per heavy atom. The molecule has 4 saturated carbocycles. The molecule has 6 fully saturated rings. The first-order chi connectivity index (χ1) is 27.3. The Bertz CT molecular complexity index is 2310. The molecule has 2 saturated heterocycles. The second-order valence-corrected chi connectivity index (χ2v) is 19.5. The molecule has 5 heteroatoms. The predicted molar refractivity (Wildman–Crippen MR) is 228 cm³/mol. The minimum absolute atomic E-state index is 0.616. The maximum atomic E-state index is 5.28. The van der Waals surface area contributed by atoms with Crippen molar-refractivity contribution in [3.05, 3.63) is 115 Å². The molecule has 4 heterocycles. The van der Waals surface area contributed by atoms with Crippen LogP contribution in [0, 0.1) is 23.7 Å². The van der Waals surface area contributed by atoms with Gasteiger partial charge in [-0.25, -0.2) is 9.97 Å². The van der Waals surface area contributed by atoms with Crippen LogP contribution < -0.4 is 0 Å². The second kappa shape index (κ2) is 13.3. The highest BCUT2D eigenvalue weighted by atomic mass is 32.2. The van der Waals surface area contributed by atoms with Crippen LogP contribution in [0.4, 0.5) is 0 Å². The molecule has 278 valence electrons. The van der Waals surface area contributed by atoms with Crippen LogP contribution in [0.25, 0.3) is 50.3 Å². The van der Waals surface area contributed by atoms with Crippen molar-refractivity contribution in [2.75, 3.05) is 0 Å². The van der Waals surface area contributed by atoms with E-state index in [1.54, 1.807) is 0 Å². The molecule has 0 N–H and O–H groups in total. The molecule has 6 aromatic rings. The Morgan fingerprint density at radius 1 is 0.545 bits per heavy atom. The van der Waals surface area contributed by atoms with E-state index >= 15 is 0 Å². The van der Waals surface area contributed by atoms with Crippen molar-refractivity contribution in [1.82, 2.24) is 19.4 Å². The second-order valence-electron chi connectivity index (χ2n) is 18.1. The van der Waals surface area contributed by atoms with E-state index in [1.165, 1.54) is 104 Å². The monoisotopic (exact) mass is 740 g/mol. The number of fused-ring (bicyclic) bond motifs is 7. The fraction of sp³-hybridized carbons (Fsp3) is 0.440. The Morgan fingerprint density at radius 2 is 1.24 bits per heavy atom. The summed E-state index contributed by atoms with van der Waals surface area (Å²) in [6.45, 7) is 0. The standard InChI is InChI=1S/C50H52N4S/c1-3-12-31(13-4-1)40-30-41(32-14-5-2-6-15-32)52-50(51-40)54-42-21-8-7-18-36(42)39-28-34(24-26-43(39)54)35-25-27-44-47(29-35)55-46-23-11-20-38-37-19-9-16-33-17-10-22-45(48(33)37)53(44)49(38)46/h1-8,12-15,18,21,24,26,28,30,33,35,37-38,44-49H,9-11,16-17,19-20,22-23,25,27,29H2. The fourth-order valence-corrected chi connectivity index (χ4v) is 15.5. The molecule has 4 nitrogen and oxygen atoms in total. The lowest BCUT2D eigenvalue weighted by atomic mass is 9.53. The first-order valence-electron chi connectivity index (χ1n) is 21.7. The van der Waals surface area contributed by atoms with Crippen LogP contribution in [0.2, 0.25) is 0 Å². The van der Waals surface area contributed by atoms with E-state index in [9.17, 15) is 0 Å². The summed E-state index contributed by atoms with van der Waals surface area (Å²) >= 11 is 2.47. The van der Waals surface area contributed by atoms with Crippen LogP contribution in [0.1, 0.15) is 88.5 Å².